The summed E-state index contributed by atoms with van der Waals surface area (Å²) in [6.07, 6.45) is 2.25. The minimum atomic E-state index is -0.683. The summed E-state index contributed by atoms with van der Waals surface area (Å²) in [5.41, 5.74) is 4.17. The summed E-state index contributed by atoms with van der Waals surface area (Å²) in [6, 6.07) is 9.66. The zero-order chi connectivity index (χ0) is 20.4. The van der Waals surface area contributed by atoms with Gasteiger partial charge in [0.1, 0.15) is 11.7 Å². The van der Waals surface area contributed by atoms with Crippen molar-refractivity contribution in [3.8, 4) is 0 Å². The van der Waals surface area contributed by atoms with Gasteiger partial charge in [0.05, 0.1) is 25.1 Å². The lowest BCUT2D eigenvalue weighted by Gasteiger charge is -2.28. The van der Waals surface area contributed by atoms with Gasteiger partial charge in [-0.2, -0.15) is 0 Å². The van der Waals surface area contributed by atoms with Gasteiger partial charge in [0.25, 0.3) is 0 Å². The molecule has 2 fully saturated rings. The molecule has 0 aliphatic carbocycles. The van der Waals surface area contributed by atoms with E-state index in [0.717, 1.165) is 30.0 Å². The van der Waals surface area contributed by atoms with Crippen molar-refractivity contribution in [3.05, 3.63) is 47.7 Å². The molecule has 7 nitrogen and oxygen atoms in total. The highest BCUT2D eigenvalue weighted by atomic mass is 16.5. The molecule has 2 amide bonds. The molecule has 0 bridgehead atoms. The first-order valence-corrected chi connectivity index (χ1v) is 10.0. The van der Waals surface area contributed by atoms with Gasteiger partial charge in [-0.3, -0.25) is 9.59 Å². The number of carbonyl (C=O) groups is 2. The number of morpholine rings is 1. The van der Waals surface area contributed by atoms with Crippen molar-refractivity contribution in [3.63, 3.8) is 0 Å². The van der Waals surface area contributed by atoms with Crippen LogP contribution < -0.4 is 15.1 Å². The van der Waals surface area contributed by atoms with Gasteiger partial charge in [-0.25, -0.2) is 4.98 Å². The molecule has 152 valence electrons. The Balaban J connectivity index is 1.39. The third kappa shape index (κ3) is 4.10. The predicted octanol–water partition coefficient (Wildman–Crippen LogP) is 2.53. The average molecular weight is 394 g/mol. The molecular weight excluding hydrogens is 368 g/mol. The number of hydrogen-bond donors (Lipinski definition) is 1. The standard InChI is InChI=1S/C22H26N4O3/c1-15-3-4-17(13-16(15)2)26-8-7-19(22(26)28)21(27)24-20-6-5-18(14-23-20)25-9-11-29-12-10-25/h3-6,13-14,19H,7-12H2,1-2H3,(H,23,24,27)/t19-/m0/s1. The molecule has 1 aromatic heterocycles. The highest BCUT2D eigenvalue weighted by molar-refractivity contribution is 6.13. The van der Waals surface area contributed by atoms with E-state index < -0.39 is 5.92 Å². The summed E-state index contributed by atoms with van der Waals surface area (Å²) in [5, 5.41) is 2.80. The summed E-state index contributed by atoms with van der Waals surface area (Å²) >= 11 is 0. The van der Waals surface area contributed by atoms with E-state index in [0.29, 0.717) is 32.0 Å². The fourth-order valence-electron chi connectivity index (χ4n) is 3.76. The zero-order valence-corrected chi connectivity index (χ0v) is 16.9. The molecule has 0 saturated carbocycles. The number of benzene rings is 1. The van der Waals surface area contributed by atoms with Gasteiger partial charge in [-0.15, -0.1) is 0 Å². The van der Waals surface area contributed by atoms with Crippen LogP contribution in [0.3, 0.4) is 0 Å². The van der Waals surface area contributed by atoms with Crippen LogP contribution in [-0.4, -0.2) is 49.6 Å². The van der Waals surface area contributed by atoms with Crippen LogP contribution in [0.25, 0.3) is 0 Å². The van der Waals surface area contributed by atoms with Gasteiger partial charge in [-0.1, -0.05) is 6.07 Å². The van der Waals surface area contributed by atoms with E-state index in [4.69, 9.17) is 4.74 Å². The monoisotopic (exact) mass is 394 g/mol. The van der Waals surface area contributed by atoms with Gasteiger partial charge >= 0.3 is 0 Å². The summed E-state index contributed by atoms with van der Waals surface area (Å²) in [7, 11) is 0. The fraction of sp³-hybridized carbons (Fsp3) is 0.409. The Hall–Kier alpha value is -2.93. The fourth-order valence-corrected chi connectivity index (χ4v) is 3.76. The summed E-state index contributed by atoms with van der Waals surface area (Å²) < 4.78 is 5.36. The highest BCUT2D eigenvalue weighted by Crippen LogP contribution is 2.28. The van der Waals surface area contributed by atoms with Gasteiger partial charge < -0.3 is 19.9 Å². The van der Waals surface area contributed by atoms with Crippen LogP contribution in [0, 0.1) is 19.8 Å². The van der Waals surface area contributed by atoms with Crippen molar-refractivity contribution in [2.45, 2.75) is 20.3 Å². The average Bonchev–Trinajstić information content (AvgIpc) is 3.13. The maximum atomic E-state index is 12.8. The molecule has 2 aliphatic rings. The van der Waals surface area contributed by atoms with Crippen LogP contribution in [0.5, 0.6) is 0 Å². The van der Waals surface area contributed by atoms with Crippen molar-refractivity contribution >= 4 is 29.0 Å². The van der Waals surface area contributed by atoms with E-state index in [1.165, 1.54) is 5.56 Å². The van der Waals surface area contributed by atoms with Crippen LogP contribution in [0.15, 0.2) is 36.5 Å². The van der Waals surface area contributed by atoms with Crippen molar-refractivity contribution in [1.29, 1.82) is 0 Å². The molecule has 4 rings (SSSR count). The normalized spacial score (nSPS) is 19.5. The number of nitrogens with zero attached hydrogens (tertiary/aromatic N) is 3. The molecule has 1 aromatic carbocycles. The third-order valence-electron chi connectivity index (χ3n) is 5.70. The molecule has 3 heterocycles. The van der Waals surface area contributed by atoms with Crippen LogP contribution in [0.1, 0.15) is 17.5 Å². The number of anilines is 3. The van der Waals surface area contributed by atoms with E-state index >= 15 is 0 Å². The van der Waals surface area contributed by atoms with E-state index in [1.807, 2.05) is 38.1 Å². The Morgan fingerprint density at radius 2 is 1.83 bits per heavy atom. The lowest BCUT2D eigenvalue weighted by Crippen LogP contribution is -2.36. The first-order valence-electron chi connectivity index (χ1n) is 10.0. The second kappa shape index (κ2) is 8.21. The number of aryl methyl sites for hydroxylation is 2. The molecule has 1 N–H and O–H groups in total. The highest BCUT2D eigenvalue weighted by Gasteiger charge is 2.37. The van der Waals surface area contributed by atoms with E-state index in [9.17, 15) is 9.59 Å². The Morgan fingerprint density at radius 3 is 2.52 bits per heavy atom. The van der Waals surface area contributed by atoms with Gasteiger partial charge in [-0.05, 0) is 55.7 Å². The first-order chi connectivity index (χ1) is 14.0. The maximum absolute atomic E-state index is 12.8. The van der Waals surface area contributed by atoms with Crippen LogP contribution in [-0.2, 0) is 14.3 Å². The lowest BCUT2D eigenvalue weighted by molar-refractivity contribution is -0.129. The van der Waals surface area contributed by atoms with Crippen molar-refractivity contribution in [1.82, 2.24) is 4.98 Å². The Bertz CT molecular complexity index is 907. The third-order valence-corrected chi connectivity index (χ3v) is 5.70. The Morgan fingerprint density at radius 1 is 1.07 bits per heavy atom. The molecule has 0 radical (unpaired) electrons. The minimum absolute atomic E-state index is 0.157. The molecule has 29 heavy (non-hydrogen) atoms. The van der Waals surface area contributed by atoms with Gasteiger partial charge in [0.15, 0.2) is 0 Å². The summed E-state index contributed by atoms with van der Waals surface area (Å²) in [5.74, 6) is -0.676. The number of ether oxygens (including phenoxy) is 1. The molecular formula is C22H26N4O3. The molecule has 1 atom stereocenters. The van der Waals surface area contributed by atoms with Crippen LogP contribution in [0.4, 0.5) is 17.2 Å². The number of pyridine rings is 1. The maximum Gasteiger partial charge on any atom is 0.239 e. The van der Waals surface area contributed by atoms with Crippen LogP contribution in [0.2, 0.25) is 0 Å². The van der Waals surface area contributed by atoms with Crippen molar-refractivity contribution < 1.29 is 14.3 Å². The number of aromatic nitrogens is 1. The molecule has 2 aromatic rings. The second-order valence-corrected chi connectivity index (χ2v) is 7.59. The largest absolute Gasteiger partial charge is 0.378 e. The SMILES string of the molecule is Cc1ccc(N2CC[C@@H](C(=O)Nc3ccc(N4CCOCC4)cn3)C2=O)cc1C. The number of rotatable bonds is 4. The van der Waals surface area contributed by atoms with E-state index in [2.05, 4.69) is 15.2 Å². The first kappa shape index (κ1) is 19.4. The lowest BCUT2D eigenvalue weighted by atomic mass is 10.1. The van der Waals surface area contributed by atoms with E-state index in [1.54, 1.807) is 17.2 Å². The minimum Gasteiger partial charge on any atom is -0.378 e. The topological polar surface area (TPSA) is 74.8 Å². The van der Waals surface area contributed by atoms with Gasteiger partial charge in [0.2, 0.25) is 11.8 Å². The summed E-state index contributed by atoms with van der Waals surface area (Å²) in [6.45, 7) is 7.69. The molecule has 2 aliphatic heterocycles. The Kier molecular flexibility index (Phi) is 5.49. The number of nitrogens with one attached hydrogen (secondary N) is 1. The smallest absolute Gasteiger partial charge is 0.239 e. The number of carbonyl (C=O) groups excluding carboxylic acids is 2. The second-order valence-electron chi connectivity index (χ2n) is 7.59. The van der Waals surface area contributed by atoms with E-state index in [-0.39, 0.29) is 11.8 Å². The molecule has 2 saturated heterocycles. The number of hydrogen-bond acceptors (Lipinski definition) is 5. The quantitative estimate of drug-likeness (QED) is 0.807. The zero-order valence-electron chi connectivity index (χ0n) is 16.9. The van der Waals surface area contributed by atoms with Gasteiger partial charge in [0, 0.05) is 25.3 Å². The van der Waals surface area contributed by atoms with Crippen molar-refractivity contribution in [2.75, 3.05) is 48.0 Å². The number of amides is 2. The predicted molar refractivity (Wildman–Crippen MR) is 112 cm³/mol. The Labute approximate surface area is 170 Å². The van der Waals surface area contributed by atoms with Crippen molar-refractivity contribution in [2.24, 2.45) is 5.92 Å². The molecule has 0 spiro atoms. The van der Waals surface area contributed by atoms with Crippen LogP contribution >= 0.6 is 0 Å². The molecule has 0 unspecified atom stereocenters. The summed E-state index contributed by atoms with van der Waals surface area (Å²) in [4.78, 5) is 33.8. The molecule has 7 heteroatoms.